The molecule has 0 saturated heterocycles. The van der Waals surface area contributed by atoms with E-state index >= 15 is 0 Å². The van der Waals surface area contributed by atoms with Gasteiger partial charge in [-0.05, 0) is 89.9 Å². The van der Waals surface area contributed by atoms with Crippen LogP contribution in [0.25, 0.3) is 0 Å². The minimum absolute atomic E-state index is 0.125. The van der Waals surface area contributed by atoms with Crippen molar-refractivity contribution in [3.8, 4) is 0 Å². The summed E-state index contributed by atoms with van der Waals surface area (Å²) in [6.07, 6.45) is 73.6. The van der Waals surface area contributed by atoms with Gasteiger partial charge in [0.05, 0.1) is 0 Å². The van der Waals surface area contributed by atoms with Crippen LogP contribution in [0.3, 0.4) is 0 Å². The summed E-state index contributed by atoms with van der Waals surface area (Å²) in [7, 11) is 0. The lowest BCUT2D eigenvalue weighted by Gasteiger charge is -2.18. The van der Waals surface area contributed by atoms with Crippen LogP contribution in [0.4, 0.5) is 0 Å². The van der Waals surface area contributed by atoms with E-state index in [4.69, 9.17) is 14.2 Å². The fourth-order valence-electron chi connectivity index (χ4n) is 5.91. The number of esters is 3. The molecular weight excluding hydrogens is 793 g/mol. The van der Waals surface area contributed by atoms with E-state index in [-0.39, 0.29) is 44.0 Å². The van der Waals surface area contributed by atoms with Crippen molar-refractivity contribution >= 4 is 17.9 Å². The number of carbonyl (C=O) groups is 3. The van der Waals surface area contributed by atoms with Gasteiger partial charge in [-0.1, -0.05) is 217 Å². The van der Waals surface area contributed by atoms with E-state index in [0.29, 0.717) is 19.3 Å². The second-order valence-corrected chi connectivity index (χ2v) is 15.5. The summed E-state index contributed by atoms with van der Waals surface area (Å²) >= 11 is 0. The molecule has 1 unspecified atom stereocenters. The molecular formula is C58H86O6. The van der Waals surface area contributed by atoms with Crippen LogP contribution >= 0.6 is 0 Å². The normalized spacial score (nSPS) is 13.5. The van der Waals surface area contributed by atoms with Gasteiger partial charge in [0.15, 0.2) is 6.10 Å². The molecule has 0 rings (SSSR count). The van der Waals surface area contributed by atoms with Gasteiger partial charge in [-0.15, -0.1) is 0 Å². The number of rotatable bonds is 41. The molecule has 0 radical (unpaired) electrons. The molecule has 0 aliphatic rings. The third kappa shape index (κ3) is 48.1. The number of hydrogen-bond donors (Lipinski definition) is 0. The topological polar surface area (TPSA) is 78.9 Å². The maximum absolute atomic E-state index is 12.8. The summed E-state index contributed by atoms with van der Waals surface area (Å²) in [4.78, 5) is 37.9. The maximum Gasteiger partial charge on any atom is 0.306 e. The van der Waals surface area contributed by atoms with Crippen molar-refractivity contribution in [2.75, 3.05) is 13.2 Å². The van der Waals surface area contributed by atoms with Crippen molar-refractivity contribution in [3.05, 3.63) is 158 Å². The van der Waals surface area contributed by atoms with Gasteiger partial charge in [0, 0.05) is 19.3 Å². The molecule has 0 amide bonds. The monoisotopic (exact) mass is 879 g/mol. The van der Waals surface area contributed by atoms with Crippen LogP contribution in [0.5, 0.6) is 0 Å². The first kappa shape index (κ1) is 59.0. The molecule has 0 aromatic heterocycles. The van der Waals surface area contributed by atoms with E-state index in [0.717, 1.165) is 103 Å². The molecule has 6 nitrogen and oxygen atoms in total. The highest BCUT2D eigenvalue weighted by Gasteiger charge is 2.19. The lowest BCUT2D eigenvalue weighted by atomic mass is 10.1. The van der Waals surface area contributed by atoms with Gasteiger partial charge in [-0.2, -0.15) is 0 Å². The largest absolute Gasteiger partial charge is 0.462 e. The van der Waals surface area contributed by atoms with E-state index in [1.165, 1.54) is 12.8 Å². The SMILES string of the molecule is CC\C=C/C=C\C=C/C=C\C=C/CCCCCC(=O)OCC(COC(=O)CCCCCCCC/C=C\C/C=C\C/C=C\CC)OC(=O)CCCCC\C=C/C=C\C=C/C=C\C=C/CC. The van der Waals surface area contributed by atoms with Gasteiger partial charge in [-0.3, -0.25) is 14.4 Å². The molecule has 0 heterocycles. The average Bonchev–Trinajstić information content (AvgIpc) is 3.29. The Labute approximate surface area is 390 Å². The molecule has 0 aliphatic heterocycles. The van der Waals surface area contributed by atoms with Crippen LogP contribution in [-0.4, -0.2) is 37.2 Å². The third-order valence-electron chi connectivity index (χ3n) is 9.51. The Morgan fingerprint density at radius 2 is 0.641 bits per heavy atom. The molecule has 64 heavy (non-hydrogen) atoms. The fraction of sp³-hybridized carbons (Fsp3) is 0.500. The Morgan fingerprint density at radius 1 is 0.328 bits per heavy atom. The quantitative estimate of drug-likeness (QED) is 0.0200. The zero-order valence-corrected chi connectivity index (χ0v) is 40.2. The second kappa shape index (κ2) is 50.7. The van der Waals surface area contributed by atoms with Crippen molar-refractivity contribution in [3.63, 3.8) is 0 Å². The first-order valence-electron chi connectivity index (χ1n) is 24.6. The maximum atomic E-state index is 12.8. The van der Waals surface area contributed by atoms with Crippen LogP contribution in [0.15, 0.2) is 158 Å². The van der Waals surface area contributed by atoms with Crippen molar-refractivity contribution in [2.24, 2.45) is 0 Å². The Morgan fingerprint density at radius 3 is 1.08 bits per heavy atom. The molecule has 354 valence electrons. The van der Waals surface area contributed by atoms with Gasteiger partial charge >= 0.3 is 17.9 Å². The smallest absolute Gasteiger partial charge is 0.306 e. The van der Waals surface area contributed by atoms with E-state index in [1.807, 2.05) is 97.2 Å². The zero-order valence-electron chi connectivity index (χ0n) is 40.2. The van der Waals surface area contributed by atoms with Crippen molar-refractivity contribution in [2.45, 2.75) is 175 Å². The summed E-state index contributed by atoms with van der Waals surface area (Å²) in [6.45, 7) is 6.12. The Balaban J connectivity index is 4.61. The Hall–Kier alpha value is -4.97. The summed E-state index contributed by atoms with van der Waals surface area (Å²) < 4.78 is 16.7. The highest BCUT2D eigenvalue weighted by atomic mass is 16.6. The fourth-order valence-corrected chi connectivity index (χ4v) is 5.91. The number of hydrogen-bond acceptors (Lipinski definition) is 6. The van der Waals surface area contributed by atoms with Crippen LogP contribution in [0.2, 0.25) is 0 Å². The number of unbranched alkanes of at least 4 members (excludes halogenated alkanes) is 12. The molecule has 0 aromatic carbocycles. The summed E-state index contributed by atoms with van der Waals surface area (Å²) in [5, 5.41) is 0. The molecule has 1 atom stereocenters. The number of ether oxygens (including phenoxy) is 3. The van der Waals surface area contributed by atoms with Crippen molar-refractivity contribution in [1.82, 2.24) is 0 Å². The minimum Gasteiger partial charge on any atom is -0.462 e. The summed E-state index contributed by atoms with van der Waals surface area (Å²) in [6, 6.07) is 0. The van der Waals surface area contributed by atoms with Crippen molar-refractivity contribution in [1.29, 1.82) is 0 Å². The van der Waals surface area contributed by atoms with Crippen LogP contribution in [-0.2, 0) is 28.6 Å². The number of allylic oxidation sites excluding steroid dienone is 26. The highest BCUT2D eigenvalue weighted by Crippen LogP contribution is 2.12. The zero-order chi connectivity index (χ0) is 46.5. The molecule has 0 fully saturated rings. The molecule has 0 aliphatic carbocycles. The molecule has 0 aromatic rings. The van der Waals surface area contributed by atoms with E-state index < -0.39 is 6.10 Å². The van der Waals surface area contributed by atoms with Gasteiger partial charge in [0.1, 0.15) is 13.2 Å². The van der Waals surface area contributed by atoms with E-state index in [2.05, 4.69) is 81.5 Å². The first-order valence-corrected chi connectivity index (χ1v) is 24.6. The van der Waals surface area contributed by atoms with Gasteiger partial charge in [0.2, 0.25) is 0 Å². The van der Waals surface area contributed by atoms with Gasteiger partial charge in [-0.25, -0.2) is 0 Å². The standard InChI is InChI=1S/C58H86O6/c1-4-7-10-13-16-19-22-25-28-31-33-36-39-42-45-48-51-57(60)63-54-55(64-58(61)52-49-46-43-40-37-34-30-27-24-21-18-15-12-9-6-3)53-62-56(59)50-47-44-41-38-35-32-29-26-23-20-17-14-11-8-5-2/h7-12,14-21,23-30,32,34-35,37,55H,4-6,13,22,31,33,36,38-54H2,1-3H3/b10-7-,11-8-,12-9-,17-14-,18-15-,19-16-,23-20-,24-21-,28-25-,29-26-,30-27-,35-32-,37-34-. The first-order chi connectivity index (χ1) is 31.5. The summed E-state index contributed by atoms with van der Waals surface area (Å²) in [5.41, 5.74) is 0. The lowest BCUT2D eigenvalue weighted by Crippen LogP contribution is -2.30. The van der Waals surface area contributed by atoms with E-state index in [1.54, 1.807) is 0 Å². The second-order valence-electron chi connectivity index (χ2n) is 15.5. The third-order valence-corrected chi connectivity index (χ3v) is 9.51. The molecule has 0 bridgehead atoms. The molecule has 6 heteroatoms. The van der Waals surface area contributed by atoms with Crippen LogP contribution in [0, 0.1) is 0 Å². The Bertz CT molecular complexity index is 1520. The highest BCUT2D eigenvalue weighted by molar-refractivity contribution is 5.71. The van der Waals surface area contributed by atoms with E-state index in [9.17, 15) is 14.4 Å². The van der Waals surface area contributed by atoms with Gasteiger partial charge in [0.25, 0.3) is 0 Å². The lowest BCUT2D eigenvalue weighted by molar-refractivity contribution is -0.167. The Kier molecular flexibility index (Phi) is 46.7. The minimum atomic E-state index is -0.831. The average molecular weight is 879 g/mol. The van der Waals surface area contributed by atoms with Crippen LogP contribution < -0.4 is 0 Å². The predicted molar refractivity (Wildman–Crippen MR) is 274 cm³/mol. The molecule has 0 spiro atoms. The van der Waals surface area contributed by atoms with Crippen LogP contribution in [0.1, 0.15) is 168 Å². The molecule has 0 saturated carbocycles. The van der Waals surface area contributed by atoms with Gasteiger partial charge < -0.3 is 14.2 Å². The predicted octanol–water partition coefficient (Wildman–Crippen LogP) is 16.2. The summed E-state index contributed by atoms with van der Waals surface area (Å²) in [5.74, 6) is -1.04. The van der Waals surface area contributed by atoms with Crippen molar-refractivity contribution < 1.29 is 28.6 Å². The molecule has 0 N–H and O–H groups in total. The number of carbonyl (C=O) groups excluding carboxylic acids is 3.